The van der Waals surface area contributed by atoms with Gasteiger partial charge in [-0.1, -0.05) is 37.3 Å². The first-order valence-electron chi connectivity index (χ1n) is 6.62. The van der Waals surface area contributed by atoms with Crippen LogP contribution in [-0.4, -0.2) is 0 Å². The molecule has 0 bridgehead atoms. The lowest BCUT2D eigenvalue weighted by Gasteiger charge is -2.29. The van der Waals surface area contributed by atoms with Crippen LogP contribution in [0.2, 0.25) is 0 Å². The highest BCUT2D eigenvalue weighted by Gasteiger charge is 2.36. The molecule has 0 aromatic heterocycles. The minimum Gasteiger partial charge on any atom is -0.488 e. The van der Waals surface area contributed by atoms with Crippen molar-refractivity contribution in [3.8, 4) is 5.75 Å². The molecule has 0 fully saturated rings. The maximum Gasteiger partial charge on any atom is 0.126 e. The van der Waals surface area contributed by atoms with Gasteiger partial charge in [0.25, 0.3) is 0 Å². The van der Waals surface area contributed by atoms with Gasteiger partial charge in [-0.25, -0.2) is 0 Å². The van der Waals surface area contributed by atoms with Crippen molar-refractivity contribution < 1.29 is 4.74 Å². The second-order valence-electron chi connectivity index (χ2n) is 5.60. The van der Waals surface area contributed by atoms with E-state index < -0.39 is 0 Å². The van der Waals surface area contributed by atoms with E-state index in [9.17, 15) is 0 Å². The summed E-state index contributed by atoms with van der Waals surface area (Å²) in [7, 11) is 0. The third-order valence-corrected chi connectivity index (χ3v) is 4.59. The van der Waals surface area contributed by atoms with Crippen LogP contribution >= 0.6 is 0 Å². The Hall–Kier alpha value is -1.76. The molecular weight excluding hydrogens is 220 g/mol. The standard InChI is InChI=1S/C17H16O/c1-17(9-8-12-4-2-3-5-15(12)17)14-6-7-16-13(10-14)11-18-16/h2-7,10H,8-9,11H2,1H3. The predicted molar refractivity (Wildman–Crippen MR) is 72.0 cm³/mol. The van der Waals surface area contributed by atoms with E-state index in [1.165, 1.54) is 35.1 Å². The Morgan fingerprint density at radius 1 is 1.06 bits per heavy atom. The lowest BCUT2D eigenvalue weighted by molar-refractivity contribution is 0.242. The topological polar surface area (TPSA) is 9.23 Å². The average Bonchev–Trinajstić information content (AvgIpc) is 2.71. The average molecular weight is 236 g/mol. The summed E-state index contributed by atoms with van der Waals surface area (Å²) in [6.07, 6.45) is 2.41. The van der Waals surface area contributed by atoms with Gasteiger partial charge in [-0.05, 0) is 41.7 Å². The van der Waals surface area contributed by atoms with Crippen molar-refractivity contribution in [2.75, 3.05) is 0 Å². The van der Waals surface area contributed by atoms with Gasteiger partial charge in [0.1, 0.15) is 12.4 Å². The highest BCUT2D eigenvalue weighted by Crippen LogP contribution is 2.45. The molecular formula is C17H16O. The van der Waals surface area contributed by atoms with Gasteiger partial charge in [0.05, 0.1) is 0 Å². The summed E-state index contributed by atoms with van der Waals surface area (Å²) in [5.74, 6) is 1.06. The van der Waals surface area contributed by atoms with Gasteiger partial charge >= 0.3 is 0 Å². The van der Waals surface area contributed by atoms with Crippen LogP contribution in [0.15, 0.2) is 42.5 Å². The Balaban J connectivity index is 1.86. The van der Waals surface area contributed by atoms with Crippen LogP contribution in [0.1, 0.15) is 35.6 Å². The second kappa shape index (κ2) is 3.38. The number of fused-ring (bicyclic) bond motifs is 2. The summed E-state index contributed by atoms with van der Waals surface area (Å²) in [6.45, 7) is 3.15. The fraction of sp³-hybridized carbons (Fsp3) is 0.294. The van der Waals surface area contributed by atoms with E-state index in [1.807, 2.05) is 0 Å². The molecule has 1 unspecified atom stereocenters. The summed E-state index contributed by atoms with van der Waals surface area (Å²) < 4.78 is 5.40. The van der Waals surface area contributed by atoms with Crippen LogP contribution in [0.5, 0.6) is 5.75 Å². The molecule has 1 atom stereocenters. The normalized spacial score (nSPS) is 23.8. The Morgan fingerprint density at radius 2 is 1.94 bits per heavy atom. The Labute approximate surface area is 107 Å². The minimum atomic E-state index is 0.182. The third kappa shape index (κ3) is 1.22. The van der Waals surface area contributed by atoms with Gasteiger partial charge in [-0.15, -0.1) is 0 Å². The first-order chi connectivity index (χ1) is 8.77. The summed E-state index contributed by atoms with van der Waals surface area (Å²) >= 11 is 0. The summed E-state index contributed by atoms with van der Waals surface area (Å²) in [5.41, 5.74) is 6.00. The third-order valence-electron chi connectivity index (χ3n) is 4.59. The van der Waals surface area contributed by atoms with E-state index in [2.05, 4.69) is 49.4 Å². The molecule has 4 rings (SSSR count). The maximum absolute atomic E-state index is 5.40. The summed E-state index contributed by atoms with van der Waals surface area (Å²) in [6, 6.07) is 15.6. The number of aryl methyl sites for hydroxylation is 1. The van der Waals surface area contributed by atoms with E-state index in [0.29, 0.717) is 0 Å². The second-order valence-corrected chi connectivity index (χ2v) is 5.60. The van der Waals surface area contributed by atoms with Crippen molar-refractivity contribution in [2.45, 2.75) is 31.8 Å². The monoisotopic (exact) mass is 236 g/mol. The fourth-order valence-electron chi connectivity index (χ4n) is 3.35. The molecule has 18 heavy (non-hydrogen) atoms. The zero-order chi connectivity index (χ0) is 12.2. The molecule has 2 aromatic carbocycles. The van der Waals surface area contributed by atoms with Gasteiger partial charge in [0.15, 0.2) is 0 Å². The SMILES string of the molecule is CC1(c2ccc3c(c2)CO3)CCc2ccccc21. The molecule has 0 N–H and O–H groups in total. The Kier molecular flexibility index (Phi) is 1.91. The molecule has 1 heteroatoms. The zero-order valence-electron chi connectivity index (χ0n) is 10.6. The Bertz CT molecular complexity index is 629. The molecule has 2 aromatic rings. The van der Waals surface area contributed by atoms with Crippen LogP contribution in [0, 0.1) is 0 Å². The summed E-state index contributed by atoms with van der Waals surface area (Å²) in [4.78, 5) is 0. The molecule has 1 aliphatic carbocycles. The zero-order valence-corrected chi connectivity index (χ0v) is 10.6. The van der Waals surface area contributed by atoms with E-state index in [4.69, 9.17) is 4.74 Å². The molecule has 0 radical (unpaired) electrons. The van der Waals surface area contributed by atoms with Crippen LogP contribution in [0.3, 0.4) is 0 Å². The van der Waals surface area contributed by atoms with Gasteiger partial charge in [0.2, 0.25) is 0 Å². The van der Waals surface area contributed by atoms with E-state index in [1.54, 1.807) is 0 Å². The molecule has 1 heterocycles. The van der Waals surface area contributed by atoms with Gasteiger partial charge < -0.3 is 4.74 Å². The fourth-order valence-corrected chi connectivity index (χ4v) is 3.35. The van der Waals surface area contributed by atoms with Crippen LogP contribution in [0.25, 0.3) is 0 Å². The van der Waals surface area contributed by atoms with Crippen LogP contribution in [-0.2, 0) is 18.4 Å². The van der Waals surface area contributed by atoms with Gasteiger partial charge in [0, 0.05) is 11.0 Å². The van der Waals surface area contributed by atoms with Crippen molar-refractivity contribution in [1.29, 1.82) is 0 Å². The van der Waals surface area contributed by atoms with Crippen molar-refractivity contribution in [1.82, 2.24) is 0 Å². The van der Waals surface area contributed by atoms with Gasteiger partial charge in [-0.2, -0.15) is 0 Å². The maximum atomic E-state index is 5.40. The van der Waals surface area contributed by atoms with Gasteiger partial charge in [-0.3, -0.25) is 0 Å². The lowest BCUT2D eigenvalue weighted by Crippen LogP contribution is -2.21. The number of hydrogen-bond acceptors (Lipinski definition) is 1. The molecule has 1 aliphatic heterocycles. The molecule has 0 amide bonds. The van der Waals surface area contributed by atoms with E-state index >= 15 is 0 Å². The van der Waals surface area contributed by atoms with E-state index in [0.717, 1.165) is 12.4 Å². The summed E-state index contributed by atoms with van der Waals surface area (Å²) in [5, 5.41) is 0. The van der Waals surface area contributed by atoms with Crippen molar-refractivity contribution in [3.05, 3.63) is 64.7 Å². The molecule has 1 nitrogen and oxygen atoms in total. The van der Waals surface area contributed by atoms with Crippen molar-refractivity contribution in [2.24, 2.45) is 0 Å². The Morgan fingerprint density at radius 3 is 2.72 bits per heavy atom. The largest absolute Gasteiger partial charge is 0.488 e. The number of hydrogen-bond donors (Lipinski definition) is 0. The van der Waals surface area contributed by atoms with E-state index in [-0.39, 0.29) is 5.41 Å². The van der Waals surface area contributed by atoms with Crippen LogP contribution in [0.4, 0.5) is 0 Å². The molecule has 90 valence electrons. The molecule has 0 saturated carbocycles. The number of benzene rings is 2. The first kappa shape index (κ1) is 10.2. The highest BCUT2D eigenvalue weighted by molar-refractivity contribution is 5.51. The van der Waals surface area contributed by atoms with Crippen LogP contribution < -0.4 is 4.74 Å². The number of rotatable bonds is 1. The molecule has 2 aliphatic rings. The van der Waals surface area contributed by atoms with Crippen molar-refractivity contribution >= 4 is 0 Å². The number of ether oxygens (including phenoxy) is 1. The minimum absolute atomic E-state index is 0.182. The smallest absolute Gasteiger partial charge is 0.126 e. The molecule has 0 spiro atoms. The highest BCUT2D eigenvalue weighted by atomic mass is 16.5. The lowest BCUT2D eigenvalue weighted by atomic mass is 9.77. The first-order valence-corrected chi connectivity index (χ1v) is 6.62. The quantitative estimate of drug-likeness (QED) is 0.731. The van der Waals surface area contributed by atoms with Crippen molar-refractivity contribution in [3.63, 3.8) is 0 Å². The molecule has 0 saturated heterocycles. The predicted octanol–water partition coefficient (Wildman–Crippen LogP) is 3.83.